The third-order valence-electron chi connectivity index (χ3n) is 3.41. The summed E-state index contributed by atoms with van der Waals surface area (Å²) in [6.45, 7) is 5.51. The van der Waals surface area contributed by atoms with E-state index < -0.39 is 21.7 Å². The van der Waals surface area contributed by atoms with E-state index in [4.69, 9.17) is 16.3 Å². The number of morpholine rings is 1. The van der Waals surface area contributed by atoms with Gasteiger partial charge in [-0.25, -0.2) is 8.42 Å². The van der Waals surface area contributed by atoms with Gasteiger partial charge in [0.1, 0.15) is 0 Å². The third kappa shape index (κ3) is 3.57. The monoisotopic (exact) mass is 333 g/mol. The molecule has 0 bridgehead atoms. The Balaban J connectivity index is 2.38. The topological polar surface area (TPSA) is 66.8 Å². The van der Waals surface area contributed by atoms with Crippen LogP contribution in [0.2, 0.25) is 5.02 Å². The smallest absolute Gasteiger partial charge is 0.243 e. The molecule has 0 radical (unpaired) electrons. The summed E-state index contributed by atoms with van der Waals surface area (Å²) in [6.07, 6.45) is -0.517. The lowest BCUT2D eigenvalue weighted by Crippen LogP contribution is -2.55. The lowest BCUT2D eigenvalue weighted by molar-refractivity contribution is -0.131. The maximum atomic E-state index is 12.8. The van der Waals surface area contributed by atoms with E-state index in [2.05, 4.69) is 0 Å². The van der Waals surface area contributed by atoms with E-state index in [1.165, 1.54) is 10.4 Å². The summed E-state index contributed by atoms with van der Waals surface area (Å²) in [5.41, 5.74) is -0.0358. The summed E-state index contributed by atoms with van der Waals surface area (Å²) in [5.74, 6) is 0. The molecule has 0 aromatic heterocycles. The van der Waals surface area contributed by atoms with Crippen LogP contribution in [0.5, 0.6) is 0 Å². The molecular formula is C14H20ClNO4S. The largest absolute Gasteiger partial charge is 0.394 e. The molecule has 1 aromatic rings. The van der Waals surface area contributed by atoms with E-state index in [-0.39, 0.29) is 24.6 Å². The maximum Gasteiger partial charge on any atom is 0.243 e. The van der Waals surface area contributed by atoms with E-state index in [1.54, 1.807) is 19.1 Å². The fraction of sp³-hybridized carbons (Fsp3) is 0.571. The third-order valence-corrected chi connectivity index (χ3v) is 5.62. The summed E-state index contributed by atoms with van der Waals surface area (Å²) in [4.78, 5) is 0.237. The zero-order valence-electron chi connectivity index (χ0n) is 12.3. The lowest BCUT2D eigenvalue weighted by Gasteiger charge is -2.41. The van der Waals surface area contributed by atoms with Crippen molar-refractivity contribution in [3.8, 4) is 0 Å². The Kier molecular flexibility index (Phi) is 4.66. The molecule has 118 valence electrons. The number of benzene rings is 1. The second-order valence-electron chi connectivity index (χ2n) is 5.89. The molecule has 1 heterocycles. The Bertz CT molecular complexity index is 630. The lowest BCUT2D eigenvalue weighted by atomic mass is 10.1. The Labute approximate surface area is 130 Å². The molecule has 2 rings (SSSR count). The summed E-state index contributed by atoms with van der Waals surface area (Å²) >= 11 is 5.88. The van der Waals surface area contributed by atoms with E-state index in [9.17, 15) is 13.5 Å². The molecule has 21 heavy (non-hydrogen) atoms. The second kappa shape index (κ2) is 5.85. The average Bonchev–Trinajstić information content (AvgIpc) is 2.36. The molecule has 0 spiro atoms. The molecule has 0 amide bonds. The Morgan fingerprint density at radius 3 is 2.71 bits per heavy atom. The van der Waals surface area contributed by atoms with Gasteiger partial charge in [0.2, 0.25) is 10.0 Å². The van der Waals surface area contributed by atoms with Gasteiger partial charge in [0.05, 0.1) is 23.2 Å². The van der Waals surface area contributed by atoms with Crippen molar-refractivity contribution in [2.24, 2.45) is 0 Å². The highest BCUT2D eigenvalue weighted by Crippen LogP contribution is 2.28. The van der Waals surface area contributed by atoms with Crippen molar-refractivity contribution in [3.63, 3.8) is 0 Å². The molecule has 7 heteroatoms. The molecule has 1 aliphatic rings. The van der Waals surface area contributed by atoms with Gasteiger partial charge in [-0.1, -0.05) is 11.6 Å². The quantitative estimate of drug-likeness (QED) is 0.916. The van der Waals surface area contributed by atoms with E-state index in [1.807, 2.05) is 13.8 Å². The van der Waals surface area contributed by atoms with Crippen molar-refractivity contribution in [2.75, 3.05) is 19.7 Å². The van der Waals surface area contributed by atoms with Crippen molar-refractivity contribution >= 4 is 21.6 Å². The molecule has 1 atom stereocenters. The molecule has 1 N–H and O–H groups in total. The average molecular weight is 334 g/mol. The van der Waals surface area contributed by atoms with Gasteiger partial charge in [0, 0.05) is 18.1 Å². The van der Waals surface area contributed by atoms with Crippen LogP contribution in [0.1, 0.15) is 19.4 Å². The zero-order valence-corrected chi connectivity index (χ0v) is 13.9. The normalized spacial score (nSPS) is 23.2. The standard InChI is InChI=1S/C14H20ClNO4S/c1-10-6-11(15)4-5-13(10)21(18,19)16-7-12(8-17)20-14(2,3)9-16/h4-6,12,17H,7-9H2,1-3H3. The number of aryl methyl sites for hydroxylation is 1. The number of hydrogen-bond acceptors (Lipinski definition) is 4. The van der Waals surface area contributed by atoms with Gasteiger partial charge in [0.15, 0.2) is 0 Å². The summed E-state index contributed by atoms with van der Waals surface area (Å²) in [7, 11) is -3.64. The molecule has 1 fully saturated rings. The molecule has 0 saturated carbocycles. The van der Waals surface area contributed by atoms with Crippen LogP contribution in [0.4, 0.5) is 0 Å². The van der Waals surface area contributed by atoms with Gasteiger partial charge in [-0.15, -0.1) is 0 Å². The number of hydrogen-bond donors (Lipinski definition) is 1. The SMILES string of the molecule is Cc1cc(Cl)ccc1S(=O)(=O)N1CC(CO)OC(C)(C)C1. The van der Waals surface area contributed by atoms with Crippen LogP contribution < -0.4 is 0 Å². The van der Waals surface area contributed by atoms with Gasteiger partial charge in [0.25, 0.3) is 0 Å². The van der Waals surface area contributed by atoms with Crippen molar-refractivity contribution in [1.29, 1.82) is 0 Å². The number of sulfonamides is 1. The van der Waals surface area contributed by atoms with Crippen molar-refractivity contribution in [1.82, 2.24) is 4.31 Å². The molecule has 5 nitrogen and oxygen atoms in total. The second-order valence-corrected chi connectivity index (χ2v) is 8.23. The van der Waals surface area contributed by atoms with Gasteiger partial charge >= 0.3 is 0 Å². The molecule has 1 unspecified atom stereocenters. The molecule has 1 saturated heterocycles. The van der Waals surface area contributed by atoms with Gasteiger partial charge in [-0.3, -0.25) is 0 Å². The first-order valence-corrected chi connectivity index (χ1v) is 8.52. The predicted octanol–water partition coefficient (Wildman–Crippen LogP) is 1.81. The van der Waals surface area contributed by atoms with Crippen molar-refractivity contribution in [2.45, 2.75) is 37.4 Å². The minimum absolute atomic E-state index is 0.143. The molecule has 0 aliphatic carbocycles. The van der Waals surface area contributed by atoms with Crippen LogP contribution >= 0.6 is 11.6 Å². The first kappa shape index (κ1) is 16.7. The Hall–Kier alpha value is -0.660. The first-order valence-electron chi connectivity index (χ1n) is 6.71. The van der Waals surface area contributed by atoms with Gasteiger partial charge < -0.3 is 9.84 Å². The number of halogens is 1. The number of rotatable bonds is 3. The fourth-order valence-corrected chi connectivity index (χ4v) is 4.62. The highest BCUT2D eigenvalue weighted by molar-refractivity contribution is 7.89. The van der Waals surface area contributed by atoms with Crippen molar-refractivity contribution < 1.29 is 18.3 Å². The van der Waals surface area contributed by atoms with Crippen LogP contribution in [-0.2, 0) is 14.8 Å². The first-order chi connectivity index (χ1) is 9.65. The summed E-state index contributed by atoms with van der Waals surface area (Å²) in [6, 6.07) is 4.71. The molecule has 1 aliphatic heterocycles. The molecule has 1 aromatic carbocycles. The van der Waals surface area contributed by atoms with Crippen molar-refractivity contribution in [3.05, 3.63) is 28.8 Å². The highest BCUT2D eigenvalue weighted by Gasteiger charge is 2.39. The number of ether oxygens (including phenoxy) is 1. The van der Waals surface area contributed by atoms with E-state index in [0.29, 0.717) is 10.6 Å². The number of aliphatic hydroxyl groups excluding tert-OH is 1. The zero-order chi connectivity index (χ0) is 15.8. The maximum absolute atomic E-state index is 12.8. The fourth-order valence-electron chi connectivity index (χ4n) is 2.56. The number of nitrogens with zero attached hydrogens (tertiary/aromatic N) is 1. The molecular weight excluding hydrogens is 314 g/mol. The Morgan fingerprint density at radius 1 is 1.48 bits per heavy atom. The highest BCUT2D eigenvalue weighted by atomic mass is 35.5. The van der Waals surface area contributed by atoms with Crippen LogP contribution in [0, 0.1) is 6.92 Å². The predicted molar refractivity (Wildman–Crippen MR) is 81.0 cm³/mol. The van der Waals surface area contributed by atoms with Gasteiger partial charge in [-0.2, -0.15) is 4.31 Å². The summed E-state index contributed by atoms with van der Waals surface area (Å²) in [5, 5.41) is 9.81. The number of aliphatic hydroxyl groups is 1. The van der Waals surface area contributed by atoms with Crippen LogP contribution in [0.3, 0.4) is 0 Å². The Morgan fingerprint density at radius 2 is 2.14 bits per heavy atom. The van der Waals surface area contributed by atoms with Crippen LogP contribution in [0.25, 0.3) is 0 Å². The minimum atomic E-state index is -3.64. The minimum Gasteiger partial charge on any atom is -0.394 e. The van der Waals surface area contributed by atoms with E-state index >= 15 is 0 Å². The summed E-state index contributed by atoms with van der Waals surface area (Å²) < 4.78 is 32.7. The van der Waals surface area contributed by atoms with Crippen LogP contribution in [-0.4, -0.2) is 49.2 Å². The van der Waals surface area contributed by atoms with Gasteiger partial charge in [-0.05, 0) is 44.5 Å². The van der Waals surface area contributed by atoms with Crippen LogP contribution in [0.15, 0.2) is 23.1 Å². The van der Waals surface area contributed by atoms with E-state index in [0.717, 1.165) is 0 Å².